The van der Waals surface area contributed by atoms with Crippen molar-refractivity contribution < 1.29 is 14.3 Å². The molecule has 1 fully saturated rings. The summed E-state index contributed by atoms with van der Waals surface area (Å²) in [5.41, 5.74) is 4.08. The second-order valence-electron chi connectivity index (χ2n) is 8.90. The molecular weight excluding hydrogens is 422 g/mol. The number of benzene rings is 2. The Morgan fingerprint density at radius 2 is 2.03 bits per heavy atom. The molecule has 2 atom stereocenters. The van der Waals surface area contributed by atoms with Crippen LogP contribution in [0.2, 0.25) is 5.02 Å². The highest BCUT2D eigenvalue weighted by Crippen LogP contribution is 2.41. The van der Waals surface area contributed by atoms with E-state index in [4.69, 9.17) is 21.1 Å². The Kier molecular flexibility index (Phi) is 7.41. The zero-order valence-corrected chi connectivity index (χ0v) is 19.6. The molecule has 2 aliphatic rings. The van der Waals surface area contributed by atoms with Crippen molar-refractivity contribution in [1.29, 1.82) is 0 Å². The van der Waals surface area contributed by atoms with Crippen LogP contribution < -0.4 is 9.64 Å². The summed E-state index contributed by atoms with van der Waals surface area (Å²) in [6.07, 6.45) is 8.56. The van der Waals surface area contributed by atoms with Gasteiger partial charge in [0.1, 0.15) is 5.75 Å². The molecule has 170 valence electrons. The Hall–Kier alpha value is -2.46. The van der Waals surface area contributed by atoms with E-state index in [-0.39, 0.29) is 5.97 Å². The van der Waals surface area contributed by atoms with Gasteiger partial charge in [0.25, 0.3) is 0 Å². The summed E-state index contributed by atoms with van der Waals surface area (Å²) in [6.45, 7) is 6.26. The number of ether oxygens (including phenoxy) is 2. The fourth-order valence-electron chi connectivity index (χ4n) is 4.85. The highest BCUT2D eigenvalue weighted by Gasteiger charge is 2.32. The van der Waals surface area contributed by atoms with Gasteiger partial charge in [-0.1, -0.05) is 23.7 Å². The fourth-order valence-corrected chi connectivity index (χ4v) is 5.05. The monoisotopic (exact) mass is 453 g/mol. The number of esters is 1. The molecule has 4 rings (SSSR count). The van der Waals surface area contributed by atoms with Gasteiger partial charge in [-0.15, -0.1) is 6.58 Å². The second-order valence-corrected chi connectivity index (χ2v) is 9.33. The molecule has 0 aromatic heterocycles. The molecule has 1 saturated carbocycles. The molecule has 2 aromatic carbocycles. The van der Waals surface area contributed by atoms with Crippen LogP contribution in [0, 0.1) is 11.8 Å². The third-order valence-corrected chi connectivity index (χ3v) is 7.08. The van der Waals surface area contributed by atoms with Crippen LogP contribution in [0.1, 0.15) is 53.6 Å². The molecule has 0 N–H and O–H groups in total. The van der Waals surface area contributed by atoms with Gasteiger partial charge in [-0.2, -0.15) is 0 Å². The lowest BCUT2D eigenvalue weighted by Gasteiger charge is -2.41. The van der Waals surface area contributed by atoms with E-state index in [1.54, 1.807) is 6.07 Å². The molecule has 1 aliphatic heterocycles. The molecule has 1 heterocycles. The Labute approximate surface area is 196 Å². The van der Waals surface area contributed by atoms with Gasteiger partial charge in [0, 0.05) is 18.1 Å². The van der Waals surface area contributed by atoms with Crippen molar-refractivity contribution in [3.05, 3.63) is 70.8 Å². The predicted molar refractivity (Wildman–Crippen MR) is 130 cm³/mol. The van der Waals surface area contributed by atoms with Crippen LogP contribution in [0.25, 0.3) is 0 Å². The average Bonchev–Trinajstić information content (AvgIpc) is 2.82. The number of allylic oxidation sites excluding steroid dienone is 1. The van der Waals surface area contributed by atoms with Crippen LogP contribution in [0.4, 0.5) is 5.69 Å². The number of nitrogens with zero attached hydrogens (tertiary/aromatic N) is 1. The van der Waals surface area contributed by atoms with Crippen molar-refractivity contribution in [3.8, 4) is 5.75 Å². The largest absolute Gasteiger partial charge is 0.491 e. The number of methoxy groups -OCH3 is 1. The van der Waals surface area contributed by atoms with Gasteiger partial charge in [-0.05, 0) is 91.8 Å². The molecule has 0 bridgehead atoms. The first-order chi connectivity index (χ1) is 15.6. The highest BCUT2D eigenvalue weighted by molar-refractivity contribution is 6.30. The maximum atomic E-state index is 12.3. The van der Waals surface area contributed by atoms with Gasteiger partial charge < -0.3 is 14.4 Å². The predicted octanol–water partition coefficient (Wildman–Crippen LogP) is 6.45. The van der Waals surface area contributed by atoms with Gasteiger partial charge >= 0.3 is 5.97 Å². The molecule has 5 heteroatoms. The number of anilines is 1. The highest BCUT2D eigenvalue weighted by atomic mass is 35.5. The van der Waals surface area contributed by atoms with Crippen LogP contribution in [0.5, 0.6) is 5.75 Å². The standard InChI is InChI=1S/C27H32ClNO3/c1-3-6-19-8-9-22(19)17-29-18-23-10-12-24(28)15-20(23)7-4-5-14-32-26-13-11-21(16-25(26)29)27(30)31-2/h3,10-13,15-16,19,22H,1,4-9,14,17-18H2,2H3/t19-,22+/m1/s1. The number of carbonyl (C=O) groups excluding carboxylic acids is 1. The minimum Gasteiger partial charge on any atom is -0.491 e. The summed E-state index contributed by atoms with van der Waals surface area (Å²) in [5.74, 6) is 1.77. The van der Waals surface area contributed by atoms with E-state index >= 15 is 0 Å². The first-order valence-corrected chi connectivity index (χ1v) is 11.9. The molecule has 0 saturated heterocycles. The number of fused-ring (bicyclic) bond motifs is 2. The van der Waals surface area contributed by atoms with Crippen LogP contribution >= 0.6 is 11.6 Å². The number of rotatable bonds is 5. The number of carbonyl (C=O) groups is 1. The quantitative estimate of drug-likeness (QED) is 0.385. The number of hydrogen-bond donors (Lipinski definition) is 0. The Morgan fingerprint density at radius 3 is 2.78 bits per heavy atom. The summed E-state index contributed by atoms with van der Waals surface area (Å²) >= 11 is 6.34. The van der Waals surface area contributed by atoms with E-state index in [1.165, 1.54) is 31.1 Å². The lowest BCUT2D eigenvalue weighted by atomic mass is 9.71. The van der Waals surface area contributed by atoms with E-state index in [9.17, 15) is 4.79 Å². The smallest absolute Gasteiger partial charge is 0.337 e. The Morgan fingerprint density at radius 1 is 1.19 bits per heavy atom. The number of aryl methyl sites for hydroxylation is 1. The van der Waals surface area contributed by atoms with Crippen LogP contribution in [-0.4, -0.2) is 26.2 Å². The summed E-state index contributed by atoms with van der Waals surface area (Å²) in [4.78, 5) is 14.7. The molecule has 0 radical (unpaired) electrons. The van der Waals surface area contributed by atoms with E-state index in [0.29, 0.717) is 24.0 Å². The molecule has 2 aromatic rings. The molecular formula is C27H32ClNO3. The van der Waals surface area contributed by atoms with Gasteiger partial charge in [0.05, 0.1) is 25.0 Å². The summed E-state index contributed by atoms with van der Waals surface area (Å²) < 4.78 is 11.2. The first kappa shape index (κ1) is 22.7. The third-order valence-electron chi connectivity index (χ3n) is 6.85. The number of halogens is 1. The van der Waals surface area contributed by atoms with Gasteiger partial charge in [0.15, 0.2) is 0 Å². The zero-order valence-electron chi connectivity index (χ0n) is 18.8. The lowest BCUT2D eigenvalue weighted by molar-refractivity contribution is 0.0600. The summed E-state index contributed by atoms with van der Waals surface area (Å²) in [7, 11) is 1.42. The van der Waals surface area contributed by atoms with Crippen molar-refractivity contribution in [3.63, 3.8) is 0 Å². The minimum atomic E-state index is -0.331. The normalized spacial score (nSPS) is 20.6. The van der Waals surface area contributed by atoms with Crippen LogP contribution in [0.15, 0.2) is 49.1 Å². The van der Waals surface area contributed by atoms with E-state index in [0.717, 1.165) is 55.2 Å². The van der Waals surface area contributed by atoms with Crippen molar-refractivity contribution in [1.82, 2.24) is 0 Å². The zero-order chi connectivity index (χ0) is 22.5. The van der Waals surface area contributed by atoms with Gasteiger partial charge in [-0.25, -0.2) is 4.79 Å². The van der Waals surface area contributed by atoms with Crippen molar-refractivity contribution in [2.45, 2.75) is 45.1 Å². The SMILES string of the molecule is C=CC[C@@H]1CC[C@H]1CN1Cc2ccc(Cl)cc2CCCCOc2ccc(C(=O)OC)cc21. The first-order valence-electron chi connectivity index (χ1n) is 11.6. The van der Waals surface area contributed by atoms with Crippen molar-refractivity contribution in [2.24, 2.45) is 11.8 Å². The molecule has 0 unspecified atom stereocenters. The molecule has 0 spiro atoms. The summed E-state index contributed by atoms with van der Waals surface area (Å²) in [6, 6.07) is 11.9. The van der Waals surface area contributed by atoms with E-state index in [1.807, 2.05) is 24.3 Å². The topological polar surface area (TPSA) is 38.8 Å². The molecule has 0 amide bonds. The average molecular weight is 454 g/mol. The van der Waals surface area contributed by atoms with E-state index in [2.05, 4.69) is 23.6 Å². The van der Waals surface area contributed by atoms with Gasteiger partial charge in [-0.3, -0.25) is 0 Å². The maximum Gasteiger partial charge on any atom is 0.337 e. The van der Waals surface area contributed by atoms with Crippen LogP contribution in [-0.2, 0) is 17.7 Å². The van der Waals surface area contributed by atoms with Crippen LogP contribution in [0.3, 0.4) is 0 Å². The minimum absolute atomic E-state index is 0.331. The lowest BCUT2D eigenvalue weighted by Crippen LogP contribution is -2.38. The Balaban J connectivity index is 1.74. The third kappa shape index (κ3) is 5.12. The number of hydrogen-bond acceptors (Lipinski definition) is 4. The Bertz CT molecular complexity index is 973. The fraction of sp³-hybridized carbons (Fsp3) is 0.444. The van der Waals surface area contributed by atoms with E-state index < -0.39 is 0 Å². The van der Waals surface area contributed by atoms with Crippen molar-refractivity contribution in [2.75, 3.05) is 25.2 Å². The van der Waals surface area contributed by atoms with Gasteiger partial charge in [0.2, 0.25) is 0 Å². The molecule has 1 aliphatic carbocycles. The molecule has 4 nitrogen and oxygen atoms in total. The summed E-state index contributed by atoms with van der Waals surface area (Å²) in [5, 5.41) is 0.778. The van der Waals surface area contributed by atoms with Crippen molar-refractivity contribution >= 4 is 23.3 Å². The molecule has 32 heavy (non-hydrogen) atoms. The maximum absolute atomic E-state index is 12.3. The second kappa shape index (κ2) is 10.4.